The fraction of sp³-hybridized carbons (Fsp3) is 0.889. The van der Waals surface area contributed by atoms with Crippen LogP contribution in [0.25, 0.3) is 0 Å². The van der Waals surface area contributed by atoms with Gasteiger partial charge in [-0.15, -0.1) is 0 Å². The maximum absolute atomic E-state index is 11.1. The minimum atomic E-state index is -0.0683. The molecule has 0 saturated heterocycles. The average Bonchev–Trinajstić information content (AvgIpc) is 2.60. The highest BCUT2D eigenvalue weighted by molar-refractivity contribution is 7.99. The molecule has 0 unspecified atom stereocenters. The second kappa shape index (κ2) is 2.95. The van der Waals surface area contributed by atoms with Gasteiger partial charge in [-0.05, 0) is 37.4 Å². The van der Waals surface area contributed by atoms with Crippen LogP contribution in [0.5, 0.6) is 0 Å². The second-order valence-corrected chi connectivity index (χ2v) is 5.10. The molecule has 2 nitrogen and oxygen atoms in total. The quantitative estimate of drug-likeness (QED) is 0.703. The zero-order chi connectivity index (χ0) is 8.72. The lowest BCUT2D eigenvalue weighted by atomic mass is 9.88. The van der Waals surface area contributed by atoms with E-state index in [0.29, 0.717) is 11.2 Å². The number of carbonyl (C=O) groups is 1. The van der Waals surface area contributed by atoms with E-state index in [1.165, 1.54) is 12.8 Å². The highest BCUT2D eigenvalue weighted by Crippen LogP contribution is 2.51. The fourth-order valence-corrected chi connectivity index (χ4v) is 4.00. The normalized spacial score (nSPS) is 45.1. The van der Waals surface area contributed by atoms with Gasteiger partial charge in [0, 0.05) is 11.2 Å². The van der Waals surface area contributed by atoms with Crippen LogP contribution in [0.2, 0.25) is 0 Å². The largest absolute Gasteiger partial charge is 0.369 e. The molecule has 0 aromatic carbocycles. The first-order valence-electron chi connectivity index (χ1n) is 4.54. The van der Waals surface area contributed by atoms with Crippen molar-refractivity contribution in [2.75, 3.05) is 6.26 Å². The molecule has 3 heteroatoms. The van der Waals surface area contributed by atoms with Crippen molar-refractivity contribution in [3.63, 3.8) is 0 Å². The van der Waals surface area contributed by atoms with Gasteiger partial charge in [0.25, 0.3) is 0 Å². The van der Waals surface area contributed by atoms with Gasteiger partial charge >= 0.3 is 0 Å². The molecule has 2 N–H and O–H groups in total. The first-order valence-corrected chi connectivity index (χ1v) is 5.83. The van der Waals surface area contributed by atoms with Crippen molar-refractivity contribution in [1.29, 1.82) is 0 Å². The Balaban J connectivity index is 2.09. The van der Waals surface area contributed by atoms with Gasteiger partial charge in [-0.3, -0.25) is 4.79 Å². The molecule has 1 amide bonds. The van der Waals surface area contributed by atoms with Crippen LogP contribution in [0.15, 0.2) is 0 Å². The van der Waals surface area contributed by atoms with Gasteiger partial charge in [0.15, 0.2) is 0 Å². The Morgan fingerprint density at radius 2 is 2.17 bits per heavy atom. The average molecular weight is 185 g/mol. The summed E-state index contributed by atoms with van der Waals surface area (Å²) in [5, 5.41) is 0.709. The molecule has 0 radical (unpaired) electrons. The predicted molar refractivity (Wildman–Crippen MR) is 50.8 cm³/mol. The van der Waals surface area contributed by atoms with Crippen molar-refractivity contribution < 1.29 is 4.79 Å². The van der Waals surface area contributed by atoms with E-state index in [9.17, 15) is 4.79 Å². The SMILES string of the molecule is CS[C@@H]1C[C@H]2C[C@@H]1[C@H](C(N)=O)C2. The zero-order valence-corrected chi connectivity index (χ0v) is 8.14. The van der Waals surface area contributed by atoms with Crippen LogP contribution in [0, 0.1) is 17.8 Å². The third-order valence-corrected chi connectivity index (χ3v) is 4.57. The van der Waals surface area contributed by atoms with Crippen LogP contribution >= 0.6 is 11.8 Å². The van der Waals surface area contributed by atoms with Crippen molar-refractivity contribution in [2.45, 2.75) is 24.5 Å². The van der Waals surface area contributed by atoms with Crippen LogP contribution in [0.3, 0.4) is 0 Å². The number of rotatable bonds is 2. The van der Waals surface area contributed by atoms with Crippen molar-refractivity contribution in [3.05, 3.63) is 0 Å². The number of thioether (sulfide) groups is 1. The molecule has 0 heterocycles. The minimum absolute atomic E-state index is 0.0683. The summed E-state index contributed by atoms with van der Waals surface area (Å²) in [7, 11) is 0. The Morgan fingerprint density at radius 3 is 2.67 bits per heavy atom. The summed E-state index contributed by atoms with van der Waals surface area (Å²) in [6.45, 7) is 0. The van der Waals surface area contributed by atoms with E-state index in [0.717, 1.165) is 12.3 Å². The topological polar surface area (TPSA) is 43.1 Å². The number of hydrogen-bond acceptors (Lipinski definition) is 2. The van der Waals surface area contributed by atoms with E-state index in [1.807, 2.05) is 11.8 Å². The third kappa shape index (κ3) is 1.15. The Morgan fingerprint density at radius 1 is 1.42 bits per heavy atom. The smallest absolute Gasteiger partial charge is 0.220 e. The van der Waals surface area contributed by atoms with E-state index in [2.05, 4.69) is 6.26 Å². The van der Waals surface area contributed by atoms with E-state index in [-0.39, 0.29) is 11.8 Å². The molecule has 0 aromatic rings. The molecule has 12 heavy (non-hydrogen) atoms. The van der Waals surface area contributed by atoms with Crippen molar-refractivity contribution >= 4 is 17.7 Å². The van der Waals surface area contributed by atoms with Crippen LogP contribution in [-0.4, -0.2) is 17.4 Å². The Labute approximate surface area is 77.3 Å². The Hall–Kier alpha value is -0.180. The monoisotopic (exact) mass is 185 g/mol. The van der Waals surface area contributed by atoms with Crippen molar-refractivity contribution in [2.24, 2.45) is 23.5 Å². The summed E-state index contributed by atoms with van der Waals surface area (Å²) in [6, 6.07) is 0. The van der Waals surface area contributed by atoms with Crippen molar-refractivity contribution in [3.8, 4) is 0 Å². The third-order valence-electron chi connectivity index (χ3n) is 3.42. The molecule has 0 aromatic heterocycles. The zero-order valence-electron chi connectivity index (χ0n) is 7.32. The lowest BCUT2D eigenvalue weighted by molar-refractivity contribution is -0.123. The van der Waals surface area contributed by atoms with Gasteiger partial charge < -0.3 is 5.73 Å². The van der Waals surface area contributed by atoms with Crippen molar-refractivity contribution in [1.82, 2.24) is 0 Å². The summed E-state index contributed by atoms with van der Waals surface area (Å²) in [4.78, 5) is 11.1. The molecular weight excluding hydrogens is 170 g/mol. The molecule has 2 aliphatic rings. The summed E-state index contributed by atoms with van der Waals surface area (Å²) < 4.78 is 0. The number of primary amides is 1. The summed E-state index contributed by atoms with van der Waals surface area (Å²) in [6.07, 6.45) is 5.77. The molecule has 2 rings (SSSR count). The van der Waals surface area contributed by atoms with Crippen LogP contribution < -0.4 is 5.73 Å². The Kier molecular flexibility index (Phi) is 2.07. The molecule has 2 saturated carbocycles. The number of carbonyl (C=O) groups excluding carboxylic acids is 1. The van der Waals surface area contributed by atoms with Crippen LogP contribution in [-0.2, 0) is 4.79 Å². The first-order chi connectivity index (χ1) is 5.72. The van der Waals surface area contributed by atoms with Gasteiger partial charge in [-0.1, -0.05) is 0 Å². The number of hydrogen-bond donors (Lipinski definition) is 1. The molecule has 4 atom stereocenters. The van der Waals surface area contributed by atoms with Gasteiger partial charge in [0.1, 0.15) is 0 Å². The summed E-state index contributed by atoms with van der Waals surface area (Å²) >= 11 is 1.91. The molecular formula is C9H15NOS. The van der Waals surface area contributed by atoms with E-state index < -0.39 is 0 Å². The standard InChI is InChI=1S/C9H15NOS/c1-12-8-4-5-2-6(8)7(3-5)9(10)11/h5-8H,2-4H2,1H3,(H2,10,11)/t5-,6+,7+,8+/m0/s1. The molecule has 68 valence electrons. The minimum Gasteiger partial charge on any atom is -0.369 e. The lowest BCUT2D eigenvalue weighted by Crippen LogP contribution is -2.32. The summed E-state index contributed by atoms with van der Waals surface area (Å²) in [5.41, 5.74) is 5.35. The van der Waals surface area contributed by atoms with Crippen LogP contribution in [0.4, 0.5) is 0 Å². The molecule has 0 aliphatic heterocycles. The van der Waals surface area contributed by atoms with Gasteiger partial charge in [0.05, 0.1) is 0 Å². The molecule has 2 fully saturated rings. The molecule has 2 aliphatic carbocycles. The predicted octanol–water partition coefficient (Wildman–Crippen LogP) is 1.25. The number of nitrogens with two attached hydrogens (primary N) is 1. The first kappa shape index (κ1) is 8.42. The molecule has 2 bridgehead atoms. The van der Waals surface area contributed by atoms with E-state index in [4.69, 9.17) is 5.73 Å². The van der Waals surface area contributed by atoms with Crippen LogP contribution in [0.1, 0.15) is 19.3 Å². The summed E-state index contributed by atoms with van der Waals surface area (Å²) in [5.74, 6) is 1.52. The number of fused-ring (bicyclic) bond motifs is 2. The number of amides is 1. The van der Waals surface area contributed by atoms with E-state index in [1.54, 1.807) is 0 Å². The lowest BCUT2D eigenvalue weighted by Gasteiger charge is -2.25. The maximum atomic E-state index is 11.1. The molecule has 0 spiro atoms. The van der Waals surface area contributed by atoms with E-state index >= 15 is 0 Å². The maximum Gasteiger partial charge on any atom is 0.220 e. The Bertz CT molecular complexity index is 207. The van der Waals surface area contributed by atoms with Gasteiger partial charge in [-0.2, -0.15) is 11.8 Å². The van der Waals surface area contributed by atoms with Gasteiger partial charge in [-0.25, -0.2) is 0 Å². The van der Waals surface area contributed by atoms with Gasteiger partial charge in [0.2, 0.25) is 5.91 Å². The fourth-order valence-electron chi connectivity index (χ4n) is 2.88. The highest BCUT2D eigenvalue weighted by Gasteiger charge is 2.47. The second-order valence-electron chi connectivity index (χ2n) is 4.02. The highest BCUT2D eigenvalue weighted by atomic mass is 32.2.